The van der Waals surface area contributed by atoms with Gasteiger partial charge in [-0.15, -0.1) is 0 Å². The molecule has 0 aliphatic heterocycles. The van der Waals surface area contributed by atoms with Gasteiger partial charge in [-0.05, 0) is 204 Å². The summed E-state index contributed by atoms with van der Waals surface area (Å²) in [6.45, 7) is 3.81. The maximum atomic E-state index is 11.8. The van der Waals surface area contributed by atoms with Crippen LogP contribution in [0, 0.1) is 6.92 Å². The van der Waals surface area contributed by atoms with E-state index in [1.165, 1.54) is 61.7 Å². The molecule has 0 radical (unpaired) electrons. The maximum Gasteiger partial charge on any atom is 0.244 e. The van der Waals surface area contributed by atoms with Gasteiger partial charge in [-0.2, -0.15) is 0 Å². The molecular weight excluding hydrogens is 1140 g/mol. The lowest BCUT2D eigenvalue weighted by Gasteiger charge is -2.04. The number of carbonyl (C=O) groups is 4. The van der Waals surface area contributed by atoms with Crippen LogP contribution in [0.15, 0.2) is 194 Å². The molecule has 0 unspecified atom stereocenters. The van der Waals surface area contributed by atoms with Crippen molar-refractivity contribution in [3.8, 4) is 63.2 Å². The second-order valence-corrected chi connectivity index (χ2v) is 19.6. The van der Waals surface area contributed by atoms with Gasteiger partial charge in [0.15, 0.2) is 34.5 Å². The first kappa shape index (κ1) is 68.2. The molecule has 0 saturated carbocycles. The molecule has 0 bridgehead atoms. The molecule has 19 nitrogen and oxygen atoms in total. The van der Waals surface area contributed by atoms with Gasteiger partial charge in [0.1, 0.15) is 28.7 Å². The van der Waals surface area contributed by atoms with Gasteiger partial charge < -0.3 is 77.1 Å². The van der Waals surface area contributed by atoms with Crippen LogP contribution in [0.5, 0.6) is 63.2 Å². The Morgan fingerprint density at radius 3 is 0.854 bits per heavy atom. The highest BCUT2D eigenvalue weighted by atomic mass is 16.5. The Morgan fingerprint density at radius 2 is 0.584 bits per heavy atom. The van der Waals surface area contributed by atoms with E-state index in [0.717, 1.165) is 38.9 Å². The van der Waals surface area contributed by atoms with Gasteiger partial charge in [-0.3, -0.25) is 19.2 Å². The Morgan fingerprint density at radius 1 is 0.326 bits per heavy atom. The Kier molecular flexibility index (Phi) is 27.8. The van der Waals surface area contributed by atoms with Crippen LogP contribution in [-0.2, 0) is 44.9 Å². The van der Waals surface area contributed by atoms with E-state index in [4.69, 9.17) is 4.74 Å². The van der Waals surface area contributed by atoms with Gasteiger partial charge in [-0.25, -0.2) is 0 Å². The van der Waals surface area contributed by atoms with Gasteiger partial charge in [0.25, 0.3) is 0 Å². The molecule has 0 atom stereocenters. The number of hydrogen-bond acceptors (Lipinski definition) is 15. The van der Waals surface area contributed by atoms with Crippen molar-refractivity contribution in [1.82, 2.24) is 21.3 Å². The summed E-state index contributed by atoms with van der Waals surface area (Å²) in [5, 5.41) is 104. The number of amides is 4. The topological polar surface area (TPSA) is 328 Å². The summed E-state index contributed by atoms with van der Waals surface area (Å²) < 4.78 is 5.01. The van der Waals surface area contributed by atoms with Gasteiger partial charge in [0.05, 0.1) is 7.11 Å². The van der Waals surface area contributed by atoms with E-state index >= 15 is 0 Å². The number of aryl methyl sites for hydroxylation is 1. The average Bonchev–Trinajstić information content (AvgIpc) is 3.53. The predicted octanol–water partition coefficient (Wildman–Crippen LogP) is 9.61. The molecule has 0 aromatic heterocycles. The van der Waals surface area contributed by atoms with Gasteiger partial charge in [-0.1, -0.05) is 72.8 Å². The third-order valence-electron chi connectivity index (χ3n) is 12.7. The minimum Gasteiger partial charge on any atom is -0.508 e. The Labute approximate surface area is 515 Å². The predicted molar refractivity (Wildman–Crippen MR) is 342 cm³/mol. The molecule has 0 aliphatic rings. The summed E-state index contributed by atoms with van der Waals surface area (Å²) in [4.78, 5) is 46.8. The van der Waals surface area contributed by atoms with E-state index in [0.29, 0.717) is 68.7 Å². The van der Waals surface area contributed by atoms with E-state index < -0.39 is 0 Å². The van der Waals surface area contributed by atoms with Crippen LogP contribution in [-0.4, -0.2) is 108 Å². The van der Waals surface area contributed by atoms with Crippen molar-refractivity contribution < 1.29 is 75.0 Å². The highest BCUT2D eigenvalue weighted by molar-refractivity contribution is 5.93. The highest BCUT2D eigenvalue weighted by Crippen LogP contribution is 2.28. The molecule has 89 heavy (non-hydrogen) atoms. The van der Waals surface area contributed by atoms with Crippen molar-refractivity contribution in [1.29, 1.82) is 0 Å². The average molecular weight is 1210 g/mol. The summed E-state index contributed by atoms with van der Waals surface area (Å²) in [6, 6.07) is 46.1. The molecule has 0 aliphatic carbocycles. The molecule has 0 fully saturated rings. The number of benzene rings is 8. The standard InChI is InChI=1S/C18H19NO4.C18H19NO3.2C17H17NO4/c1-23-17-12-14(4-8-16(17)21)5-9-18(22)19-11-10-13-2-6-15(20)7-3-13;1-13-12-15(4-8-17(13)21)5-9-18(22)19-11-10-14-2-6-16(20)7-3-14;2*19-14-5-1-12(2-6-14)9-10-18-17(22)8-4-13-3-7-15(20)16(21)11-13/h2-9,12,20-21H,10-11H2,1H3,(H,19,22);2-9,12,20-21H,10-11H2,1H3,(H,19,22);2*1-8,11,19-21H,9-10H2,(H,18,22)/b9-5+;9-5-;8-4+;8-4-. The van der Waals surface area contributed by atoms with Crippen LogP contribution in [0.2, 0.25) is 0 Å². The molecule has 8 aromatic carbocycles. The molecule has 0 saturated heterocycles. The Hall–Kier alpha value is -11.6. The molecule has 19 heteroatoms. The largest absolute Gasteiger partial charge is 0.508 e. The molecule has 0 heterocycles. The molecule has 8 aromatic rings. The zero-order valence-electron chi connectivity index (χ0n) is 49.0. The zero-order valence-corrected chi connectivity index (χ0v) is 49.0. The van der Waals surface area contributed by atoms with Crippen molar-refractivity contribution in [2.24, 2.45) is 0 Å². The lowest BCUT2D eigenvalue weighted by Crippen LogP contribution is -2.23. The maximum absolute atomic E-state index is 11.8. The zero-order chi connectivity index (χ0) is 64.5. The van der Waals surface area contributed by atoms with Crippen molar-refractivity contribution in [2.45, 2.75) is 32.6 Å². The molecule has 8 rings (SSSR count). The summed E-state index contributed by atoms with van der Waals surface area (Å²) in [6.07, 6.45) is 14.8. The van der Waals surface area contributed by atoms with E-state index in [1.807, 2.05) is 37.3 Å². The number of ether oxygens (including phenoxy) is 1. The fourth-order valence-corrected chi connectivity index (χ4v) is 7.76. The second-order valence-electron chi connectivity index (χ2n) is 19.6. The summed E-state index contributed by atoms with van der Waals surface area (Å²) in [5.74, 6) is -0.141. The molecule has 0 spiro atoms. The first-order valence-corrected chi connectivity index (χ1v) is 27.9. The number of phenolic OH excluding ortho intramolecular Hbond substituents is 10. The quantitative estimate of drug-likeness (QED) is 0.0235. The molecule has 462 valence electrons. The number of phenols is 10. The monoisotopic (exact) mass is 1210 g/mol. The normalized spacial score (nSPS) is 10.7. The number of methoxy groups -OCH3 is 1. The summed E-state index contributed by atoms with van der Waals surface area (Å²) >= 11 is 0. The third-order valence-corrected chi connectivity index (χ3v) is 12.7. The lowest BCUT2D eigenvalue weighted by atomic mass is 10.1. The van der Waals surface area contributed by atoms with E-state index in [2.05, 4.69) is 21.3 Å². The highest BCUT2D eigenvalue weighted by Gasteiger charge is 2.06. The van der Waals surface area contributed by atoms with Crippen LogP contribution < -0.4 is 26.0 Å². The van der Waals surface area contributed by atoms with Crippen molar-refractivity contribution in [3.05, 3.63) is 244 Å². The number of rotatable bonds is 21. The van der Waals surface area contributed by atoms with Gasteiger partial charge >= 0.3 is 0 Å². The number of carbonyl (C=O) groups excluding carboxylic acids is 4. The van der Waals surface area contributed by atoms with Crippen molar-refractivity contribution >= 4 is 47.9 Å². The van der Waals surface area contributed by atoms with Gasteiger partial charge in [0.2, 0.25) is 23.6 Å². The summed E-state index contributed by atoms with van der Waals surface area (Å²) in [7, 11) is 1.47. The minimum absolute atomic E-state index is 0.0583. The Bertz CT molecular complexity index is 3410. The smallest absolute Gasteiger partial charge is 0.244 e. The molecular formula is C70H72N4O15. The van der Waals surface area contributed by atoms with Crippen LogP contribution in [0.25, 0.3) is 24.3 Å². The second kappa shape index (κ2) is 36.3. The van der Waals surface area contributed by atoms with Crippen molar-refractivity contribution in [2.75, 3.05) is 33.3 Å². The molecule has 4 amide bonds. The number of nitrogens with one attached hydrogen (secondary N) is 4. The first-order valence-electron chi connectivity index (χ1n) is 27.9. The fraction of sp³-hybridized carbons (Fsp3) is 0.143. The van der Waals surface area contributed by atoms with Crippen LogP contribution in [0.3, 0.4) is 0 Å². The van der Waals surface area contributed by atoms with E-state index in [-0.39, 0.29) is 81.1 Å². The van der Waals surface area contributed by atoms with Crippen LogP contribution in [0.1, 0.15) is 50.1 Å². The Balaban J connectivity index is 0.000000216. The molecule has 14 N–H and O–H groups in total. The van der Waals surface area contributed by atoms with Crippen LogP contribution >= 0.6 is 0 Å². The van der Waals surface area contributed by atoms with Crippen molar-refractivity contribution in [3.63, 3.8) is 0 Å². The lowest BCUT2D eigenvalue weighted by molar-refractivity contribution is -0.117. The minimum atomic E-state index is -0.244. The van der Waals surface area contributed by atoms with Crippen LogP contribution in [0.4, 0.5) is 0 Å². The fourth-order valence-electron chi connectivity index (χ4n) is 7.76. The van der Waals surface area contributed by atoms with E-state index in [1.54, 1.807) is 133 Å². The first-order chi connectivity index (χ1) is 42.7. The van der Waals surface area contributed by atoms with E-state index in [9.17, 15) is 70.2 Å². The number of aromatic hydroxyl groups is 10. The third kappa shape index (κ3) is 26.5. The number of hydrogen-bond donors (Lipinski definition) is 14. The van der Waals surface area contributed by atoms with Gasteiger partial charge in [0, 0.05) is 50.5 Å². The summed E-state index contributed by atoms with van der Waals surface area (Å²) in [5.41, 5.74) is 7.75. The SMILES string of the molecule is COc1cc(/C=C/C(=O)NCCc2ccc(O)cc2)ccc1O.Cc1cc(/C=C\C(=O)NCCc2ccc(O)cc2)ccc1O.O=C(/C=C/c1ccc(O)c(O)c1)NCCc1ccc(O)cc1.O=C(/C=C\c1ccc(O)c(O)c1)NCCc1ccc(O)cc1.